The van der Waals surface area contributed by atoms with Crippen molar-refractivity contribution in [2.24, 2.45) is 5.73 Å². The highest BCUT2D eigenvalue weighted by Gasteiger charge is 2.09. The predicted octanol–water partition coefficient (Wildman–Crippen LogP) is 0.716. The first-order chi connectivity index (χ1) is 7.68. The van der Waals surface area contributed by atoms with E-state index in [9.17, 15) is 4.79 Å². The molecule has 1 saturated heterocycles. The van der Waals surface area contributed by atoms with Gasteiger partial charge in [-0.05, 0) is 39.3 Å². The topological polar surface area (TPSA) is 58.4 Å². The fourth-order valence-electron chi connectivity index (χ4n) is 1.98. The van der Waals surface area contributed by atoms with Crippen molar-refractivity contribution in [2.45, 2.75) is 45.1 Å². The van der Waals surface area contributed by atoms with Gasteiger partial charge in [-0.25, -0.2) is 0 Å². The first-order valence-electron chi connectivity index (χ1n) is 6.43. The Morgan fingerprint density at radius 2 is 2.06 bits per heavy atom. The number of hydrogen-bond acceptors (Lipinski definition) is 3. The molecule has 1 aliphatic rings. The van der Waals surface area contributed by atoms with Crippen LogP contribution in [0.5, 0.6) is 0 Å². The van der Waals surface area contributed by atoms with Crippen LogP contribution in [0.25, 0.3) is 0 Å². The average molecular weight is 227 g/mol. The van der Waals surface area contributed by atoms with Gasteiger partial charge in [-0.15, -0.1) is 0 Å². The van der Waals surface area contributed by atoms with Crippen molar-refractivity contribution in [1.82, 2.24) is 10.2 Å². The third kappa shape index (κ3) is 6.08. The van der Waals surface area contributed by atoms with Crippen LogP contribution in [0.3, 0.4) is 0 Å². The van der Waals surface area contributed by atoms with E-state index < -0.39 is 0 Å². The Bertz CT molecular complexity index is 200. The number of hydrogen-bond donors (Lipinski definition) is 2. The lowest BCUT2D eigenvalue weighted by atomic mass is 10.1. The van der Waals surface area contributed by atoms with Gasteiger partial charge in [0.25, 0.3) is 0 Å². The van der Waals surface area contributed by atoms with E-state index in [1.165, 1.54) is 32.4 Å². The molecule has 3 N–H and O–H groups in total. The van der Waals surface area contributed by atoms with Crippen molar-refractivity contribution >= 4 is 5.91 Å². The molecule has 0 aromatic rings. The van der Waals surface area contributed by atoms with Crippen molar-refractivity contribution in [3.8, 4) is 0 Å². The van der Waals surface area contributed by atoms with E-state index in [2.05, 4.69) is 10.2 Å². The van der Waals surface area contributed by atoms with Crippen LogP contribution >= 0.6 is 0 Å². The summed E-state index contributed by atoms with van der Waals surface area (Å²) in [5.41, 5.74) is 5.60. The van der Waals surface area contributed by atoms with Gasteiger partial charge in [-0.2, -0.15) is 0 Å². The molecule has 16 heavy (non-hydrogen) atoms. The maximum Gasteiger partial charge on any atom is 0.220 e. The van der Waals surface area contributed by atoms with E-state index in [4.69, 9.17) is 5.73 Å². The lowest BCUT2D eigenvalue weighted by Crippen LogP contribution is -2.37. The summed E-state index contributed by atoms with van der Waals surface area (Å²) in [5, 5.41) is 2.95. The fraction of sp³-hybridized carbons (Fsp3) is 0.917. The van der Waals surface area contributed by atoms with Crippen molar-refractivity contribution in [3.05, 3.63) is 0 Å². The number of nitrogens with zero attached hydrogens (tertiary/aromatic N) is 1. The Labute approximate surface area is 98.6 Å². The van der Waals surface area contributed by atoms with Crippen LogP contribution in [0.2, 0.25) is 0 Å². The number of piperidine rings is 1. The Morgan fingerprint density at radius 1 is 1.38 bits per heavy atom. The number of carbonyl (C=O) groups excluding carboxylic acids is 1. The van der Waals surface area contributed by atoms with Gasteiger partial charge in [-0.3, -0.25) is 4.79 Å². The molecule has 0 saturated carbocycles. The summed E-state index contributed by atoms with van der Waals surface area (Å²) >= 11 is 0. The van der Waals surface area contributed by atoms with E-state index in [1.54, 1.807) is 0 Å². The third-order valence-electron chi connectivity index (χ3n) is 3.03. The Balaban J connectivity index is 1.99. The molecule has 0 spiro atoms. The molecular formula is C12H25N3O. The standard InChI is InChI=1S/C12H25N3O/c1-11(13)5-6-12(16)14-7-10-15-8-3-2-4-9-15/h11H,2-10,13H2,1H3,(H,14,16). The summed E-state index contributed by atoms with van der Waals surface area (Å²) in [6.07, 6.45) is 5.29. The molecule has 4 nitrogen and oxygen atoms in total. The Morgan fingerprint density at radius 3 is 2.69 bits per heavy atom. The molecule has 0 aliphatic carbocycles. The highest BCUT2D eigenvalue weighted by Crippen LogP contribution is 2.07. The monoisotopic (exact) mass is 227 g/mol. The SMILES string of the molecule is CC(N)CCC(=O)NCCN1CCCCC1. The number of likely N-dealkylation sites (tertiary alicyclic amines) is 1. The zero-order valence-electron chi connectivity index (χ0n) is 10.4. The largest absolute Gasteiger partial charge is 0.355 e. The second kappa shape index (κ2) is 7.63. The van der Waals surface area contributed by atoms with Gasteiger partial charge in [0.2, 0.25) is 5.91 Å². The van der Waals surface area contributed by atoms with Gasteiger partial charge >= 0.3 is 0 Å². The molecule has 4 heteroatoms. The molecule has 1 amide bonds. The van der Waals surface area contributed by atoms with Crippen molar-refractivity contribution in [3.63, 3.8) is 0 Å². The van der Waals surface area contributed by atoms with Gasteiger partial charge in [-0.1, -0.05) is 6.42 Å². The third-order valence-corrected chi connectivity index (χ3v) is 3.03. The summed E-state index contributed by atoms with van der Waals surface area (Å²) in [6, 6.07) is 0.118. The summed E-state index contributed by atoms with van der Waals surface area (Å²) in [6.45, 7) is 6.08. The molecule has 1 unspecified atom stereocenters. The van der Waals surface area contributed by atoms with E-state index in [1.807, 2.05) is 6.92 Å². The summed E-state index contributed by atoms with van der Waals surface area (Å²) in [7, 11) is 0. The van der Waals surface area contributed by atoms with E-state index in [-0.39, 0.29) is 11.9 Å². The first kappa shape index (κ1) is 13.5. The van der Waals surface area contributed by atoms with Crippen molar-refractivity contribution in [1.29, 1.82) is 0 Å². The van der Waals surface area contributed by atoms with Crippen LogP contribution < -0.4 is 11.1 Å². The molecule has 1 heterocycles. The lowest BCUT2D eigenvalue weighted by Gasteiger charge is -2.26. The van der Waals surface area contributed by atoms with Gasteiger partial charge in [0, 0.05) is 25.6 Å². The second-order valence-corrected chi connectivity index (χ2v) is 4.77. The molecule has 94 valence electrons. The fourth-order valence-corrected chi connectivity index (χ4v) is 1.98. The Hall–Kier alpha value is -0.610. The van der Waals surface area contributed by atoms with Crippen molar-refractivity contribution in [2.75, 3.05) is 26.2 Å². The summed E-state index contributed by atoms with van der Waals surface area (Å²) in [5.74, 6) is 0.134. The molecule has 0 radical (unpaired) electrons. The van der Waals surface area contributed by atoms with Crippen LogP contribution in [0.4, 0.5) is 0 Å². The van der Waals surface area contributed by atoms with Crippen LogP contribution in [0.15, 0.2) is 0 Å². The van der Waals surface area contributed by atoms with Gasteiger partial charge < -0.3 is 16.0 Å². The minimum atomic E-state index is 0.118. The number of rotatable bonds is 6. The summed E-state index contributed by atoms with van der Waals surface area (Å²) < 4.78 is 0. The number of nitrogens with two attached hydrogens (primary N) is 1. The average Bonchev–Trinajstić information content (AvgIpc) is 2.28. The highest BCUT2D eigenvalue weighted by molar-refractivity contribution is 5.75. The predicted molar refractivity (Wildman–Crippen MR) is 66.2 cm³/mol. The van der Waals surface area contributed by atoms with Crippen LogP contribution in [-0.2, 0) is 4.79 Å². The van der Waals surface area contributed by atoms with Crippen LogP contribution in [0, 0.1) is 0 Å². The van der Waals surface area contributed by atoms with Crippen molar-refractivity contribution < 1.29 is 4.79 Å². The molecule has 0 bridgehead atoms. The highest BCUT2D eigenvalue weighted by atomic mass is 16.1. The maximum absolute atomic E-state index is 11.4. The van der Waals surface area contributed by atoms with Gasteiger partial charge in [0.1, 0.15) is 0 Å². The molecule has 1 fully saturated rings. The molecule has 1 aliphatic heterocycles. The number of nitrogens with one attached hydrogen (secondary N) is 1. The maximum atomic E-state index is 11.4. The lowest BCUT2D eigenvalue weighted by molar-refractivity contribution is -0.121. The quantitative estimate of drug-likeness (QED) is 0.703. The smallest absolute Gasteiger partial charge is 0.220 e. The zero-order chi connectivity index (χ0) is 11.8. The van der Waals surface area contributed by atoms with E-state index in [0.717, 1.165) is 19.5 Å². The number of amides is 1. The molecule has 1 atom stereocenters. The molecule has 0 aromatic carbocycles. The van der Waals surface area contributed by atoms with Gasteiger partial charge in [0.15, 0.2) is 0 Å². The minimum absolute atomic E-state index is 0.118. The zero-order valence-corrected chi connectivity index (χ0v) is 10.4. The Kier molecular flexibility index (Phi) is 6.42. The molecular weight excluding hydrogens is 202 g/mol. The number of carbonyl (C=O) groups is 1. The van der Waals surface area contributed by atoms with Gasteiger partial charge in [0.05, 0.1) is 0 Å². The normalized spacial score (nSPS) is 19.4. The van der Waals surface area contributed by atoms with Crippen LogP contribution in [0.1, 0.15) is 39.0 Å². The summed E-state index contributed by atoms with van der Waals surface area (Å²) in [4.78, 5) is 13.8. The van der Waals surface area contributed by atoms with E-state index in [0.29, 0.717) is 6.42 Å². The second-order valence-electron chi connectivity index (χ2n) is 4.77. The first-order valence-corrected chi connectivity index (χ1v) is 6.43. The minimum Gasteiger partial charge on any atom is -0.355 e. The van der Waals surface area contributed by atoms with E-state index >= 15 is 0 Å². The molecule has 0 aromatic heterocycles. The molecule has 1 rings (SSSR count). The van der Waals surface area contributed by atoms with Crippen LogP contribution in [-0.4, -0.2) is 43.0 Å².